The second-order valence-corrected chi connectivity index (χ2v) is 8.31. The van der Waals surface area contributed by atoms with Gasteiger partial charge in [-0.25, -0.2) is 9.97 Å². The number of amides is 1. The van der Waals surface area contributed by atoms with Crippen molar-refractivity contribution in [1.82, 2.24) is 19.1 Å². The lowest BCUT2D eigenvalue weighted by Crippen LogP contribution is -2.24. The van der Waals surface area contributed by atoms with Gasteiger partial charge in [0.05, 0.1) is 46.6 Å². The molecule has 0 aliphatic carbocycles. The molecule has 2 aromatic carbocycles. The van der Waals surface area contributed by atoms with Crippen molar-refractivity contribution < 1.29 is 22.4 Å². The summed E-state index contributed by atoms with van der Waals surface area (Å²) in [6.07, 6.45) is -1.72. The Kier molecular flexibility index (Phi) is 5.83. The van der Waals surface area contributed by atoms with E-state index in [2.05, 4.69) is 15.3 Å². The highest BCUT2D eigenvalue weighted by Crippen LogP contribution is 2.32. The van der Waals surface area contributed by atoms with Gasteiger partial charge in [0.25, 0.3) is 5.56 Å². The zero-order chi connectivity index (χ0) is 25.4. The molecule has 0 radical (unpaired) electrons. The molecule has 1 amide bonds. The van der Waals surface area contributed by atoms with E-state index in [-0.39, 0.29) is 36.5 Å². The van der Waals surface area contributed by atoms with Gasteiger partial charge in [-0.3, -0.25) is 19.5 Å². The summed E-state index contributed by atoms with van der Waals surface area (Å²) >= 11 is 0. The van der Waals surface area contributed by atoms with Crippen LogP contribution < -0.4 is 10.9 Å². The fourth-order valence-corrected chi connectivity index (χ4v) is 4.03. The highest BCUT2D eigenvalue weighted by Gasteiger charge is 2.31. The Morgan fingerprint density at radius 1 is 1.14 bits per heavy atom. The number of aromatic nitrogens is 4. The lowest BCUT2D eigenvalue weighted by Gasteiger charge is -2.10. The normalized spacial score (nSPS) is 11.9. The number of hydrogen-bond donors (Lipinski definition) is 1. The molecule has 0 aliphatic rings. The molecule has 0 spiro atoms. The highest BCUT2D eigenvalue weighted by molar-refractivity contribution is 5.91. The maximum Gasteiger partial charge on any atom is 0.416 e. The fraction of sp³-hybridized carbons (Fsp3) is 0.200. The maximum atomic E-state index is 13.2. The predicted octanol–water partition coefficient (Wildman–Crippen LogP) is 4.74. The van der Waals surface area contributed by atoms with Gasteiger partial charge in [0.2, 0.25) is 11.9 Å². The smallest absolute Gasteiger partial charge is 0.416 e. The van der Waals surface area contributed by atoms with Gasteiger partial charge >= 0.3 is 6.18 Å². The molecule has 0 saturated heterocycles. The van der Waals surface area contributed by atoms with Crippen molar-refractivity contribution in [3.63, 3.8) is 0 Å². The van der Waals surface area contributed by atoms with E-state index in [0.717, 1.165) is 17.7 Å². The summed E-state index contributed by atoms with van der Waals surface area (Å²) in [6, 6.07) is 11.9. The van der Waals surface area contributed by atoms with E-state index in [4.69, 9.17) is 4.42 Å². The largest absolute Gasteiger partial charge is 0.467 e. The zero-order valence-corrected chi connectivity index (χ0v) is 19.0. The van der Waals surface area contributed by atoms with E-state index >= 15 is 0 Å². The first-order valence-electron chi connectivity index (χ1n) is 11.1. The number of alkyl halides is 3. The van der Waals surface area contributed by atoms with Crippen molar-refractivity contribution in [2.45, 2.75) is 32.6 Å². The van der Waals surface area contributed by atoms with E-state index in [1.54, 1.807) is 28.8 Å². The number of benzene rings is 2. The summed E-state index contributed by atoms with van der Waals surface area (Å²) in [4.78, 5) is 34.1. The van der Waals surface area contributed by atoms with Gasteiger partial charge < -0.3 is 8.98 Å². The van der Waals surface area contributed by atoms with Gasteiger partial charge in [0, 0.05) is 13.0 Å². The molecule has 5 rings (SSSR count). The fourth-order valence-electron chi connectivity index (χ4n) is 4.03. The molecule has 11 heteroatoms. The third kappa shape index (κ3) is 4.47. The second-order valence-electron chi connectivity index (χ2n) is 8.31. The molecule has 3 aromatic heterocycles. The van der Waals surface area contributed by atoms with Gasteiger partial charge in [-0.1, -0.05) is 12.1 Å². The standard InChI is InChI=1S/C25H20F3N5O3/c1-15-4-2-6-18-22(15)29-14-32(23(18)35)10-9-21(34)31-24-30-19-12-16(25(26,27)28)7-8-20(19)33(24)13-17-5-3-11-36-17/h2-8,11-12,14H,9-10,13H2,1H3,(H,30,31,34). The molecule has 0 aliphatic heterocycles. The molecule has 184 valence electrons. The van der Waals surface area contributed by atoms with Crippen molar-refractivity contribution >= 4 is 33.8 Å². The van der Waals surface area contributed by atoms with Gasteiger partial charge in [-0.15, -0.1) is 0 Å². The van der Waals surface area contributed by atoms with Crippen LogP contribution in [0.3, 0.4) is 0 Å². The van der Waals surface area contributed by atoms with E-state index in [1.807, 2.05) is 13.0 Å². The zero-order valence-electron chi connectivity index (χ0n) is 19.0. The van der Waals surface area contributed by atoms with Crippen LogP contribution >= 0.6 is 0 Å². The van der Waals surface area contributed by atoms with Gasteiger partial charge in [0.15, 0.2) is 0 Å². The first-order valence-corrected chi connectivity index (χ1v) is 11.1. The maximum absolute atomic E-state index is 13.2. The number of anilines is 1. The Morgan fingerprint density at radius 3 is 2.72 bits per heavy atom. The summed E-state index contributed by atoms with van der Waals surface area (Å²) in [5.74, 6) is 0.150. The van der Waals surface area contributed by atoms with Crippen LogP contribution in [0.1, 0.15) is 23.3 Å². The number of imidazole rings is 1. The number of fused-ring (bicyclic) bond motifs is 2. The Hall–Kier alpha value is -4.41. The molecule has 0 bridgehead atoms. The summed E-state index contributed by atoms with van der Waals surface area (Å²) < 4.78 is 47.9. The molecule has 3 heterocycles. The van der Waals surface area contributed by atoms with Crippen LogP contribution in [-0.2, 0) is 24.1 Å². The Labute approximate surface area is 202 Å². The topological polar surface area (TPSA) is 95.0 Å². The average molecular weight is 495 g/mol. The number of rotatable bonds is 6. The first-order chi connectivity index (χ1) is 17.2. The molecule has 0 saturated carbocycles. The quantitative estimate of drug-likeness (QED) is 0.367. The van der Waals surface area contributed by atoms with Gasteiger partial charge in [-0.2, -0.15) is 13.2 Å². The van der Waals surface area contributed by atoms with E-state index in [0.29, 0.717) is 22.2 Å². The number of hydrogen-bond acceptors (Lipinski definition) is 5. The number of nitrogens with one attached hydrogen (secondary N) is 1. The van der Waals surface area contributed by atoms with Crippen LogP contribution in [0.5, 0.6) is 0 Å². The lowest BCUT2D eigenvalue weighted by atomic mass is 10.1. The summed E-state index contributed by atoms with van der Waals surface area (Å²) in [5, 5.41) is 3.12. The molecule has 0 fully saturated rings. The number of aryl methyl sites for hydroxylation is 2. The Bertz CT molecular complexity index is 1640. The monoisotopic (exact) mass is 495 g/mol. The minimum Gasteiger partial charge on any atom is -0.467 e. The third-order valence-electron chi connectivity index (χ3n) is 5.86. The highest BCUT2D eigenvalue weighted by atomic mass is 19.4. The van der Waals surface area contributed by atoms with Crippen LogP contribution in [0.2, 0.25) is 0 Å². The Morgan fingerprint density at radius 2 is 1.97 bits per heavy atom. The van der Waals surface area contributed by atoms with Crippen molar-refractivity contribution in [3.8, 4) is 0 Å². The van der Waals surface area contributed by atoms with E-state index in [9.17, 15) is 22.8 Å². The van der Waals surface area contributed by atoms with Crippen LogP contribution in [-0.4, -0.2) is 25.0 Å². The average Bonchev–Trinajstić information content (AvgIpc) is 3.46. The summed E-state index contributed by atoms with van der Waals surface area (Å²) in [5.41, 5.74) is 0.860. The molecule has 0 unspecified atom stereocenters. The summed E-state index contributed by atoms with van der Waals surface area (Å²) in [6.45, 7) is 2.08. The molecule has 0 atom stereocenters. The molecule has 1 N–H and O–H groups in total. The van der Waals surface area contributed by atoms with E-state index in [1.165, 1.54) is 23.2 Å². The second kappa shape index (κ2) is 8.99. The van der Waals surface area contributed by atoms with Crippen LogP contribution in [0.4, 0.5) is 19.1 Å². The van der Waals surface area contributed by atoms with Crippen molar-refractivity contribution in [2.24, 2.45) is 0 Å². The first kappa shape index (κ1) is 23.3. The SMILES string of the molecule is Cc1cccc2c(=O)n(CCC(=O)Nc3nc4cc(C(F)(F)F)ccc4n3Cc3ccco3)cnc12. The minimum atomic E-state index is -4.53. The minimum absolute atomic E-state index is 0.0676. The molecule has 5 aromatic rings. The lowest BCUT2D eigenvalue weighted by molar-refractivity contribution is -0.137. The third-order valence-corrected chi connectivity index (χ3v) is 5.86. The number of furan rings is 1. The molecular formula is C25H20F3N5O3. The predicted molar refractivity (Wildman–Crippen MR) is 127 cm³/mol. The number of carbonyl (C=O) groups is 1. The molecule has 36 heavy (non-hydrogen) atoms. The summed E-state index contributed by atoms with van der Waals surface area (Å²) in [7, 11) is 0. The number of nitrogens with zero attached hydrogens (tertiary/aromatic N) is 4. The van der Waals surface area contributed by atoms with Crippen molar-refractivity contribution in [1.29, 1.82) is 0 Å². The number of carbonyl (C=O) groups excluding carboxylic acids is 1. The van der Waals surface area contributed by atoms with Crippen molar-refractivity contribution in [3.05, 3.63) is 88.4 Å². The number of para-hydroxylation sites is 1. The van der Waals surface area contributed by atoms with E-state index < -0.39 is 17.6 Å². The van der Waals surface area contributed by atoms with Crippen molar-refractivity contribution in [2.75, 3.05) is 5.32 Å². The van der Waals surface area contributed by atoms with Crippen LogP contribution in [0.25, 0.3) is 21.9 Å². The van der Waals surface area contributed by atoms with Crippen LogP contribution in [0.15, 0.2) is 70.3 Å². The van der Waals surface area contributed by atoms with Gasteiger partial charge in [-0.05, 0) is 48.9 Å². The molecule has 8 nitrogen and oxygen atoms in total. The molecular weight excluding hydrogens is 475 g/mol. The number of halogens is 3. The Balaban J connectivity index is 1.40. The van der Waals surface area contributed by atoms with Crippen LogP contribution in [0, 0.1) is 6.92 Å². The van der Waals surface area contributed by atoms with Gasteiger partial charge in [0.1, 0.15) is 5.76 Å².